The summed E-state index contributed by atoms with van der Waals surface area (Å²) in [5.74, 6) is 0.889. The number of methoxy groups -OCH3 is 1. The maximum Gasteiger partial charge on any atom is 0.133 e. The van der Waals surface area contributed by atoms with Crippen LogP contribution in [0.2, 0.25) is 0 Å². The van der Waals surface area contributed by atoms with Gasteiger partial charge < -0.3 is 15.0 Å². The molecule has 0 fully saturated rings. The van der Waals surface area contributed by atoms with Crippen LogP contribution in [0.4, 0.5) is 0 Å². The number of rotatable bonds is 9. The molecule has 1 rings (SSSR count). The number of ether oxygens (including phenoxy) is 1. The van der Waals surface area contributed by atoms with Crippen molar-refractivity contribution >= 4 is 15.9 Å². The zero-order valence-electron chi connectivity index (χ0n) is 13.1. The van der Waals surface area contributed by atoms with Gasteiger partial charge in [0.1, 0.15) is 5.75 Å². The Morgan fingerprint density at radius 2 is 2.10 bits per heavy atom. The first kappa shape index (κ1) is 17.5. The van der Waals surface area contributed by atoms with Crippen molar-refractivity contribution in [3.05, 3.63) is 28.2 Å². The van der Waals surface area contributed by atoms with E-state index in [1.807, 2.05) is 6.07 Å². The summed E-state index contributed by atoms with van der Waals surface area (Å²) >= 11 is 3.56. The SMILES string of the molecule is CCCNC(CCN(C)C)Cc1ccc(OC)c(Br)c1. The molecule has 0 bridgehead atoms. The predicted octanol–water partition coefficient (Wildman–Crippen LogP) is 3.32. The normalized spacial score (nSPS) is 12.7. The van der Waals surface area contributed by atoms with Crippen molar-refractivity contribution in [2.45, 2.75) is 32.2 Å². The van der Waals surface area contributed by atoms with Gasteiger partial charge in [-0.05, 0) is 80.1 Å². The molecule has 0 radical (unpaired) electrons. The molecule has 114 valence electrons. The summed E-state index contributed by atoms with van der Waals surface area (Å²) in [5.41, 5.74) is 1.34. The number of nitrogens with zero attached hydrogens (tertiary/aromatic N) is 1. The molecule has 0 aliphatic rings. The number of hydrogen-bond acceptors (Lipinski definition) is 3. The van der Waals surface area contributed by atoms with Gasteiger partial charge >= 0.3 is 0 Å². The van der Waals surface area contributed by atoms with Crippen LogP contribution in [-0.4, -0.2) is 45.2 Å². The van der Waals surface area contributed by atoms with E-state index in [-0.39, 0.29) is 0 Å². The van der Waals surface area contributed by atoms with Crippen LogP contribution in [0.15, 0.2) is 22.7 Å². The van der Waals surface area contributed by atoms with E-state index in [0.717, 1.165) is 36.2 Å². The fourth-order valence-electron chi connectivity index (χ4n) is 2.16. The molecule has 1 aromatic carbocycles. The third-order valence-electron chi connectivity index (χ3n) is 3.31. The highest BCUT2D eigenvalue weighted by atomic mass is 79.9. The number of nitrogens with one attached hydrogen (secondary N) is 1. The molecule has 0 saturated heterocycles. The molecule has 4 heteroatoms. The first-order valence-electron chi connectivity index (χ1n) is 7.27. The third kappa shape index (κ3) is 6.25. The van der Waals surface area contributed by atoms with Gasteiger partial charge in [-0.25, -0.2) is 0 Å². The van der Waals surface area contributed by atoms with Crippen LogP contribution < -0.4 is 10.1 Å². The van der Waals surface area contributed by atoms with Crippen LogP contribution in [0.5, 0.6) is 5.75 Å². The zero-order valence-corrected chi connectivity index (χ0v) is 14.7. The van der Waals surface area contributed by atoms with E-state index >= 15 is 0 Å². The van der Waals surface area contributed by atoms with E-state index in [2.05, 4.69) is 59.3 Å². The van der Waals surface area contributed by atoms with E-state index in [0.29, 0.717) is 6.04 Å². The minimum atomic E-state index is 0.526. The topological polar surface area (TPSA) is 24.5 Å². The lowest BCUT2D eigenvalue weighted by atomic mass is 10.0. The summed E-state index contributed by atoms with van der Waals surface area (Å²) in [6.45, 7) is 4.40. The standard InChI is InChI=1S/C16H27BrN2O/c1-5-9-18-14(8-10-19(2)3)11-13-6-7-16(20-4)15(17)12-13/h6-7,12,14,18H,5,8-11H2,1-4H3. The monoisotopic (exact) mass is 342 g/mol. The number of benzene rings is 1. The fraction of sp³-hybridized carbons (Fsp3) is 0.625. The second-order valence-corrected chi connectivity index (χ2v) is 6.27. The highest BCUT2D eigenvalue weighted by Gasteiger charge is 2.10. The molecule has 0 spiro atoms. The summed E-state index contributed by atoms with van der Waals surface area (Å²) in [4.78, 5) is 2.24. The Balaban J connectivity index is 2.64. The molecule has 1 atom stereocenters. The smallest absolute Gasteiger partial charge is 0.133 e. The van der Waals surface area contributed by atoms with Crippen molar-refractivity contribution < 1.29 is 4.74 Å². The largest absolute Gasteiger partial charge is 0.496 e. The van der Waals surface area contributed by atoms with Gasteiger partial charge in [0.2, 0.25) is 0 Å². The first-order valence-corrected chi connectivity index (χ1v) is 8.06. The van der Waals surface area contributed by atoms with Crippen LogP contribution in [-0.2, 0) is 6.42 Å². The van der Waals surface area contributed by atoms with E-state index in [1.165, 1.54) is 12.0 Å². The highest BCUT2D eigenvalue weighted by molar-refractivity contribution is 9.10. The molecule has 1 N–H and O–H groups in total. The van der Waals surface area contributed by atoms with Gasteiger partial charge in [0.25, 0.3) is 0 Å². The summed E-state index contributed by atoms with van der Waals surface area (Å²) < 4.78 is 6.31. The maximum atomic E-state index is 5.28. The van der Waals surface area contributed by atoms with Gasteiger partial charge in [0, 0.05) is 6.04 Å². The molecule has 1 unspecified atom stereocenters. The zero-order chi connectivity index (χ0) is 15.0. The number of hydrogen-bond donors (Lipinski definition) is 1. The van der Waals surface area contributed by atoms with Crippen LogP contribution in [0, 0.1) is 0 Å². The van der Waals surface area contributed by atoms with Crippen LogP contribution >= 0.6 is 15.9 Å². The molecule has 0 aliphatic heterocycles. The third-order valence-corrected chi connectivity index (χ3v) is 3.93. The average Bonchev–Trinajstić information content (AvgIpc) is 2.42. The Labute approximate surface area is 131 Å². The summed E-state index contributed by atoms with van der Waals surface area (Å²) in [6, 6.07) is 6.87. The van der Waals surface area contributed by atoms with E-state index in [4.69, 9.17) is 4.74 Å². The van der Waals surface area contributed by atoms with Gasteiger partial charge in [-0.3, -0.25) is 0 Å². The minimum absolute atomic E-state index is 0.526. The molecule has 0 saturated carbocycles. The molecular weight excluding hydrogens is 316 g/mol. The lowest BCUT2D eigenvalue weighted by molar-refractivity contribution is 0.356. The van der Waals surface area contributed by atoms with Crippen molar-refractivity contribution in [1.29, 1.82) is 0 Å². The Morgan fingerprint density at radius 1 is 1.35 bits per heavy atom. The van der Waals surface area contributed by atoms with E-state index in [9.17, 15) is 0 Å². The molecule has 0 aliphatic carbocycles. The second-order valence-electron chi connectivity index (χ2n) is 5.42. The van der Waals surface area contributed by atoms with Gasteiger partial charge in [-0.15, -0.1) is 0 Å². The van der Waals surface area contributed by atoms with Crippen molar-refractivity contribution in [1.82, 2.24) is 10.2 Å². The molecule has 0 heterocycles. The lowest BCUT2D eigenvalue weighted by Crippen LogP contribution is -2.34. The molecule has 0 amide bonds. The quantitative estimate of drug-likeness (QED) is 0.744. The van der Waals surface area contributed by atoms with Crippen molar-refractivity contribution in [2.75, 3.05) is 34.3 Å². The van der Waals surface area contributed by atoms with Crippen LogP contribution in [0.3, 0.4) is 0 Å². The average molecular weight is 343 g/mol. The Bertz CT molecular complexity index is 396. The lowest BCUT2D eigenvalue weighted by Gasteiger charge is -2.21. The van der Waals surface area contributed by atoms with Gasteiger partial charge in [0.15, 0.2) is 0 Å². The minimum Gasteiger partial charge on any atom is -0.496 e. The summed E-state index contributed by atoms with van der Waals surface area (Å²) in [6.07, 6.45) is 3.39. The molecule has 3 nitrogen and oxygen atoms in total. The Hall–Kier alpha value is -0.580. The Kier molecular flexibility index (Phi) is 8.19. The van der Waals surface area contributed by atoms with Gasteiger partial charge in [0.05, 0.1) is 11.6 Å². The van der Waals surface area contributed by atoms with E-state index in [1.54, 1.807) is 7.11 Å². The van der Waals surface area contributed by atoms with Gasteiger partial charge in [-0.1, -0.05) is 13.0 Å². The second kappa shape index (κ2) is 9.37. The van der Waals surface area contributed by atoms with Crippen LogP contribution in [0.25, 0.3) is 0 Å². The Morgan fingerprint density at radius 3 is 2.65 bits per heavy atom. The molecule has 20 heavy (non-hydrogen) atoms. The fourth-order valence-corrected chi connectivity index (χ4v) is 2.75. The van der Waals surface area contributed by atoms with Crippen molar-refractivity contribution in [3.8, 4) is 5.75 Å². The van der Waals surface area contributed by atoms with Crippen LogP contribution in [0.1, 0.15) is 25.3 Å². The maximum absolute atomic E-state index is 5.28. The molecule has 1 aromatic rings. The van der Waals surface area contributed by atoms with Crippen molar-refractivity contribution in [3.63, 3.8) is 0 Å². The predicted molar refractivity (Wildman–Crippen MR) is 89.7 cm³/mol. The van der Waals surface area contributed by atoms with Gasteiger partial charge in [-0.2, -0.15) is 0 Å². The molecular formula is C16H27BrN2O. The highest BCUT2D eigenvalue weighted by Crippen LogP contribution is 2.26. The summed E-state index contributed by atoms with van der Waals surface area (Å²) in [5, 5.41) is 3.65. The first-order chi connectivity index (χ1) is 9.56. The molecule has 0 aromatic heterocycles. The van der Waals surface area contributed by atoms with Crippen molar-refractivity contribution in [2.24, 2.45) is 0 Å². The summed E-state index contributed by atoms with van der Waals surface area (Å²) in [7, 11) is 5.95. The van der Waals surface area contributed by atoms with E-state index < -0.39 is 0 Å². The number of halogens is 1.